The van der Waals surface area contributed by atoms with E-state index >= 15 is 0 Å². The fraction of sp³-hybridized carbons (Fsp3) is 0.318. The van der Waals surface area contributed by atoms with Crippen molar-refractivity contribution in [3.8, 4) is 0 Å². The van der Waals surface area contributed by atoms with Gasteiger partial charge in [-0.3, -0.25) is 14.4 Å². The Kier molecular flexibility index (Phi) is 7.36. The quantitative estimate of drug-likeness (QED) is 0.671. The third-order valence-electron chi connectivity index (χ3n) is 4.36. The maximum atomic E-state index is 12.2. The van der Waals surface area contributed by atoms with Crippen LogP contribution in [0.2, 0.25) is 0 Å². The Labute approximate surface area is 171 Å². The number of anilines is 2. The van der Waals surface area contributed by atoms with E-state index in [1.54, 1.807) is 38.4 Å². The molecule has 2 rings (SSSR count). The van der Waals surface area contributed by atoms with E-state index in [0.717, 1.165) is 22.4 Å². The van der Waals surface area contributed by atoms with Gasteiger partial charge in [0, 0.05) is 31.0 Å². The van der Waals surface area contributed by atoms with Crippen LogP contribution in [0.15, 0.2) is 36.4 Å². The first-order valence-corrected chi connectivity index (χ1v) is 9.37. The molecular formula is C22H28N4O3. The second-order valence-corrected chi connectivity index (χ2v) is 7.23. The first kappa shape index (κ1) is 21.9. The lowest BCUT2D eigenvalue weighted by atomic mass is 10.1. The molecule has 3 amide bonds. The summed E-state index contributed by atoms with van der Waals surface area (Å²) in [6.45, 7) is 5.76. The van der Waals surface area contributed by atoms with Crippen molar-refractivity contribution in [1.82, 2.24) is 10.2 Å². The Bertz CT molecular complexity index is 899. The molecule has 0 unspecified atom stereocenters. The van der Waals surface area contributed by atoms with E-state index < -0.39 is 0 Å². The average molecular weight is 396 g/mol. The number of rotatable bonds is 7. The Morgan fingerprint density at radius 2 is 1.55 bits per heavy atom. The van der Waals surface area contributed by atoms with Gasteiger partial charge in [0.15, 0.2) is 0 Å². The largest absolute Gasteiger partial charge is 0.376 e. The minimum atomic E-state index is -0.318. The second-order valence-electron chi connectivity index (χ2n) is 7.23. The SMILES string of the molecule is Cc1cc(C)c(NC(=O)CNC(=O)CNc2cccc(C(=O)N(C)C)c2)c(C)c1. The summed E-state index contributed by atoms with van der Waals surface area (Å²) in [7, 11) is 3.36. The van der Waals surface area contributed by atoms with Gasteiger partial charge in [0.1, 0.15) is 0 Å². The first-order valence-electron chi connectivity index (χ1n) is 9.37. The van der Waals surface area contributed by atoms with E-state index in [1.165, 1.54) is 4.90 Å². The standard InChI is InChI=1S/C22H28N4O3/c1-14-9-15(2)21(16(3)10-14)25-20(28)13-24-19(27)12-23-18-8-6-7-17(11-18)22(29)26(4)5/h6-11,23H,12-13H2,1-5H3,(H,24,27)(H,25,28). The summed E-state index contributed by atoms with van der Waals surface area (Å²) in [5, 5.41) is 8.40. The normalized spacial score (nSPS) is 10.2. The van der Waals surface area contributed by atoms with Gasteiger partial charge in [-0.2, -0.15) is 0 Å². The topological polar surface area (TPSA) is 90.5 Å². The number of carbonyl (C=O) groups is 3. The van der Waals surface area contributed by atoms with Gasteiger partial charge >= 0.3 is 0 Å². The molecule has 2 aromatic carbocycles. The first-order chi connectivity index (χ1) is 13.7. The lowest BCUT2D eigenvalue weighted by molar-refractivity contribution is -0.122. The molecule has 0 aromatic heterocycles. The van der Waals surface area contributed by atoms with Crippen LogP contribution >= 0.6 is 0 Å². The molecule has 0 aliphatic rings. The zero-order chi connectivity index (χ0) is 21.6. The highest BCUT2D eigenvalue weighted by atomic mass is 16.2. The highest BCUT2D eigenvalue weighted by molar-refractivity contribution is 5.96. The summed E-state index contributed by atoms with van der Waals surface area (Å²) < 4.78 is 0. The predicted octanol–water partition coefficient (Wildman–Crippen LogP) is 2.48. The number of hydrogen-bond acceptors (Lipinski definition) is 4. The van der Waals surface area contributed by atoms with Crippen LogP contribution in [0, 0.1) is 20.8 Å². The molecule has 3 N–H and O–H groups in total. The van der Waals surface area contributed by atoms with Gasteiger partial charge in [0.25, 0.3) is 5.91 Å². The maximum absolute atomic E-state index is 12.2. The fourth-order valence-electron chi connectivity index (χ4n) is 3.00. The van der Waals surface area contributed by atoms with Crippen LogP contribution in [0.1, 0.15) is 27.0 Å². The van der Waals surface area contributed by atoms with E-state index in [1.807, 2.05) is 32.9 Å². The van der Waals surface area contributed by atoms with Crippen molar-refractivity contribution in [3.05, 3.63) is 58.7 Å². The van der Waals surface area contributed by atoms with Gasteiger partial charge in [-0.15, -0.1) is 0 Å². The molecule has 7 nitrogen and oxygen atoms in total. The third-order valence-corrected chi connectivity index (χ3v) is 4.36. The van der Waals surface area contributed by atoms with Crippen molar-refractivity contribution in [2.45, 2.75) is 20.8 Å². The number of benzene rings is 2. The molecule has 0 saturated carbocycles. The van der Waals surface area contributed by atoms with E-state index in [-0.39, 0.29) is 30.8 Å². The summed E-state index contributed by atoms with van der Waals surface area (Å²) in [6.07, 6.45) is 0. The molecule has 0 aliphatic heterocycles. The van der Waals surface area contributed by atoms with Crippen molar-refractivity contribution in [1.29, 1.82) is 0 Å². The van der Waals surface area contributed by atoms with Crippen molar-refractivity contribution in [2.24, 2.45) is 0 Å². The van der Waals surface area contributed by atoms with Crippen molar-refractivity contribution < 1.29 is 14.4 Å². The molecule has 0 aliphatic carbocycles. The van der Waals surface area contributed by atoms with Crippen LogP contribution in [0.5, 0.6) is 0 Å². The van der Waals surface area contributed by atoms with Gasteiger partial charge in [0.2, 0.25) is 11.8 Å². The number of nitrogens with one attached hydrogen (secondary N) is 3. The Hall–Kier alpha value is -3.35. The van der Waals surface area contributed by atoms with E-state index in [0.29, 0.717) is 11.3 Å². The number of aryl methyl sites for hydroxylation is 3. The summed E-state index contributed by atoms with van der Waals surface area (Å²) in [4.78, 5) is 37.7. The number of amides is 3. The van der Waals surface area contributed by atoms with Crippen LogP contribution in [0.4, 0.5) is 11.4 Å². The van der Waals surface area contributed by atoms with Crippen LogP contribution in [0.25, 0.3) is 0 Å². The molecule has 2 aromatic rings. The predicted molar refractivity (Wildman–Crippen MR) is 115 cm³/mol. The summed E-state index contributed by atoms with van der Waals surface area (Å²) in [5.41, 5.74) is 5.06. The highest BCUT2D eigenvalue weighted by Crippen LogP contribution is 2.21. The zero-order valence-corrected chi connectivity index (χ0v) is 17.6. The molecular weight excluding hydrogens is 368 g/mol. The molecule has 154 valence electrons. The number of nitrogens with zero attached hydrogens (tertiary/aromatic N) is 1. The van der Waals surface area contributed by atoms with Gasteiger partial charge in [0.05, 0.1) is 13.1 Å². The van der Waals surface area contributed by atoms with Crippen molar-refractivity contribution in [2.75, 3.05) is 37.8 Å². The zero-order valence-electron chi connectivity index (χ0n) is 17.6. The van der Waals surface area contributed by atoms with Crippen LogP contribution in [-0.4, -0.2) is 49.8 Å². The molecule has 0 saturated heterocycles. The Morgan fingerprint density at radius 3 is 2.17 bits per heavy atom. The molecule has 0 heterocycles. The minimum Gasteiger partial charge on any atom is -0.376 e. The molecule has 0 spiro atoms. The molecule has 29 heavy (non-hydrogen) atoms. The van der Waals surface area contributed by atoms with Crippen molar-refractivity contribution in [3.63, 3.8) is 0 Å². The van der Waals surface area contributed by atoms with Crippen LogP contribution in [0.3, 0.4) is 0 Å². The average Bonchev–Trinajstić information content (AvgIpc) is 2.67. The Morgan fingerprint density at radius 1 is 0.897 bits per heavy atom. The summed E-state index contributed by atoms with van der Waals surface area (Å²) in [5.74, 6) is -0.717. The molecule has 7 heteroatoms. The highest BCUT2D eigenvalue weighted by Gasteiger charge is 2.11. The monoisotopic (exact) mass is 396 g/mol. The minimum absolute atomic E-state index is 0.00449. The van der Waals surface area contributed by atoms with Gasteiger partial charge in [-0.1, -0.05) is 23.8 Å². The molecule has 0 atom stereocenters. The molecule has 0 radical (unpaired) electrons. The molecule has 0 fully saturated rings. The summed E-state index contributed by atoms with van der Waals surface area (Å²) in [6, 6.07) is 10.9. The van der Waals surface area contributed by atoms with Crippen molar-refractivity contribution >= 4 is 29.1 Å². The maximum Gasteiger partial charge on any atom is 0.253 e. The van der Waals surface area contributed by atoms with E-state index in [4.69, 9.17) is 0 Å². The molecule has 0 bridgehead atoms. The lowest BCUT2D eigenvalue weighted by Gasteiger charge is -2.14. The summed E-state index contributed by atoms with van der Waals surface area (Å²) >= 11 is 0. The third kappa shape index (κ3) is 6.34. The van der Waals surface area contributed by atoms with Gasteiger partial charge in [-0.05, 0) is 50.1 Å². The van der Waals surface area contributed by atoms with Gasteiger partial charge < -0.3 is 20.9 Å². The van der Waals surface area contributed by atoms with E-state index in [9.17, 15) is 14.4 Å². The number of hydrogen-bond donors (Lipinski definition) is 3. The van der Waals surface area contributed by atoms with Crippen LogP contribution in [-0.2, 0) is 9.59 Å². The lowest BCUT2D eigenvalue weighted by Crippen LogP contribution is -2.36. The Balaban J connectivity index is 1.84. The fourth-order valence-corrected chi connectivity index (χ4v) is 3.00. The van der Waals surface area contributed by atoms with Gasteiger partial charge in [-0.25, -0.2) is 0 Å². The number of carbonyl (C=O) groups excluding carboxylic acids is 3. The van der Waals surface area contributed by atoms with Crippen LogP contribution < -0.4 is 16.0 Å². The smallest absolute Gasteiger partial charge is 0.253 e. The van der Waals surface area contributed by atoms with E-state index in [2.05, 4.69) is 16.0 Å². The second kappa shape index (κ2) is 9.73.